The van der Waals surface area contributed by atoms with Gasteiger partial charge in [-0.05, 0) is 13.0 Å². The summed E-state index contributed by atoms with van der Waals surface area (Å²) in [7, 11) is 1.60. The van der Waals surface area contributed by atoms with Crippen molar-refractivity contribution in [1.82, 2.24) is 9.88 Å². The lowest BCUT2D eigenvalue weighted by atomic mass is 10.2. The highest BCUT2D eigenvalue weighted by Gasteiger charge is 2.14. The van der Waals surface area contributed by atoms with Crippen molar-refractivity contribution < 1.29 is 4.79 Å². The number of carbonyl (C=O) groups is 1. The van der Waals surface area contributed by atoms with Crippen LogP contribution in [0.5, 0.6) is 0 Å². The first-order valence-corrected chi connectivity index (χ1v) is 4.89. The largest absolute Gasteiger partial charge is 0.339 e. The van der Waals surface area contributed by atoms with Crippen molar-refractivity contribution >= 4 is 5.91 Å². The van der Waals surface area contributed by atoms with Crippen LogP contribution in [-0.4, -0.2) is 29.4 Å². The average Bonchev–Trinajstić information content (AvgIpc) is 2.27. The van der Waals surface area contributed by atoms with Gasteiger partial charge in [0.2, 0.25) is 5.56 Å². The van der Waals surface area contributed by atoms with Crippen LogP contribution in [0.2, 0.25) is 0 Å². The minimum absolute atomic E-state index is 0.232. The fraction of sp³-hybridized carbons (Fsp3) is 0.364. The molecule has 0 bridgehead atoms. The minimum atomic E-state index is -0.312. The van der Waals surface area contributed by atoms with Crippen molar-refractivity contribution in [2.75, 3.05) is 13.6 Å². The first-order chi connectivity index (χ1) is 7.54. The molecule has 0 aromatic carbocycles. The van der Waals surface area contributed by atoms with E-state index in [1.54, 1.807) is 14.0 Å². The summed E-state index contributed by atoms with van der Waals surface area (Å²) in [6, 6.07) is 6.45. The second kappa shape index (κ2) is 5.12. The number of H-pyrrole nitrogens is 1. The number of aromatic nitrogens is 1. The lowest BCUT2D eigenvalue weighted by molar-refractivity contribution is 0.0779. The second-order valence-electron chi connectivity index (χ2n) is 3.64. The molecule has 1 N–H and O–H groups in total. The monoisotopic (exact) mass is 219 g/mol. The quantitative estimate of drug-likeness (QED) is 0.809. The number of pyridine rings is 1. The number of nitrogens with zero attached hydrogens (tertiary/aromatic N) is 2. The Balaban J connectivity index is 2.79. The van der Waals surface area contributed by atoms with Crippen molar-refractivity contribution in [2.45, 2.75) is 6.92 Å². The van der Waals surface area contributed by atoms with Crippen LogP contribution >= 0.6 is 0 Å². The van der Waals surface area contributed by atoms with Gasteiger partial charge in [-0.25, -0.2) is 0 Å². The Morgan fingerprint density at radius 3 is 2.88 bits per heavy atom. The second-order valence-corrected chi connectivity index (χ2v) is 3.64. The van der Waals surface area contributed by atoms with E-state index in [1.165, 1.54) is 23.1 Å². The molecule has 0 radical (unpaired) electrons. The van der Waals surface area contributed by atoms with Crippen LogP contribution in [0.15, 0.2) is 23.0 Å². The molecule has 1 amide bonds. The number of nitriles is 1. The molecule has 0 aliphatic rings. The molecule has 16 heavy (non-hydrogen) atoms. The molecule has 0 saturated heterocycles. The summed E-state index contributed by atoms with van der Waals surface area (Å²) in [4.78, 5) is 26.7. The van der Waals surface area contributed by atoms with Crippen LogP contribution in [0.1, 0.15) is 17.4 Å². The van der Waals surface area contributed by atoms with Crippen molar-refractivity contribution in [3.8, 4) is 6.07 Å². The highest BCUT2D eigenvalue weighted by Crippen LogP contribution is 2.01. The number of rotatable bonds is 3. The van der Waals surface area contributed by atoms with E-state index in [0.717, 1.165) is 0 Å². The Morgan fingerprint density at radius 2 is 2.31 bits per heavy atom. The molecular formula is C11H13N3O2. The van der Waals surface area contributed by atoms with Crippen LogP contribution in [0.25, 0.3) is 0 Å². The molecule has 0 aliphatic heterocycles. The zero-order valence-electron chi connectivity index (χ0n) is 9.23. The van der Waals surface area contributed by atoms with Gasteiger partial charge in [0.15, 0.2) is 0 Å². The van der Waals surface area contributed by atoms with Gasteiger partial charge in [-0.2, -0.15) is 5.26 Å². The van der Waals surface area contributed by atoms with E-state index in [0.29, 0.717) is 6.54 Å². The summed E-state index contributed by atoms with van der Waals surface area (Å²) in [6.45, 7) is 2.07. The Kier molecular flexibility index (Phi) is 3.84. The van der Waals surface area contributed by atoms with Gasteiger partial charge in [0.1, 0.15) is 5.69 Å². The fourth-order valence-electron chi connectivity index (χ4n) is 1.31. The van der Waals surface area contributed by atoms with Gasteiger partial charge in [-0.1, -0.05) is 6.07 Å². The highest BCUT2D eigenvalue weighted by molar-refractivity contribution is 5.92. The summed E-state index contributed by atoms with van der Waals surface area (Å²) < 4.78 is 0. The van der Waals surface area contributed by atoms with E-state index in [9.17, 15) is 9.59 Å². The van der Waals surface area contributed by atoms with E-state index in [-0.39, 0.29) is 23.1 Å². The standard InChI is InChI=1S/C11H13N3O2/c1-8(6-12)7-14(2)11(16)9-4-3-5-10(15)13-9/h3-5,8H,7H2,1-2H3,(H,13,15). The van der Waals surface area contributed by atoms with Gasteiger partial charge in [0, 0.05) is 19.7 Å². The fourth-order valence-corrected chi connectivity index (χ4v) is 1.31. The molecule has 1 atom stereocenters. The Labute approximate surface area is 93.3 Å². The maximum Gasteiger partial charge on any atom is 0.270 e. The SMILES string of the molecule is CC(C#N)CN(C)C(=O)c1cccc(=O)[nH]1. The summed E-state index contributed by atoms with van der Waals surface area (Å²) in [5, 5.41) is 8.63. The molecule has 1 rings (SSSR count). The van der Waals surface area contributed by atoms with Crippen LogP contribution in [0.4, 0.5) is 0 Å². The van der Waals surface area contributed by atoms with Crippen LogP contribution < -0.4 is 5.56 Å². The van der Waals surface area contributed by atoms with Crippen LogP contribution in [0.3, 0.4) is 0 Å². The van der Waals surface area contributed by atoms with E-state index >= 15 is 0 Å². The summed E-state index contributed by atoms with van der Waals surface area (Å²) >= 11 is 0. The topological polar surface area (TPSA) is 77.0 Å². The first kappa shape index (κ1) is 12.0. The molecule has 0 saturated carbocycles. The van der Waals surface area contributed by atoms with Gasteiger partial charge in [0.05, 0.1) is 12.0 Å². The molecule has 0 spiro atoms. The maximum absolute atomic E-state index is 11.8. The third-order valence-electron chi connectivity index (χ3n) is 2.11. The predicted octanol–water partition coefficient (Wildman–Crippen LogP) is 0.607. The molecule has 0 fully saturated rings. The zero-order chi connectivity index (χ0) is 12.1. The van der Waals surface area contributed by atoms with E-state index in [4.69, 9.17) is 5.26 Å². The van der Waals surface area contributed by atoms with Crippen LogP contribution in [0, 0.1) is 17.2 Å². The molecule has 1 unspecified atom stereocenters. The zero-order valence-corrected chi connectivity index (χ0v) is 9.23. The van der Waals surface area contributed by atoms with Gasteiger partial charge in [-0.15, -0.1) is 0 Å². The molecule has 1 aromatic rings. The normalized spacial score (nSPS) is 11.6. The average molecular weight is 219 g/mol. The number of amides is 1. The smallest absolute Gasteiger partial charge is 0.270 e. The van der Waals surface area contributed by atoms with Crippen molar-refractivity contribution in [3.05, 3.63) is 34.2 Å². The molecule has 84 valence electrons. The predicted molar refractivity (Wildman–Crippen MR) is 58.8 cm³/mol. The number of aromatic amines is 1. The van der Waals surface area contributed by atoms with Crippen molar-refractivity contribution in [1.29, 1.82) is 5.26 Å². The molecular weight excluding hydrogens is 206 g/mol. The number of hydrogen-bond acceptors (Lipinski definition) is 3. The maximum atomic E-state index is 11.8. The summed E-state index contributed by atoms with van der Waals surface area (Å²) in [6.07, 6.45) is 0. The number of carbonyl (C=O) groups excluding carboxylic acids is 1. The van der Waals surface area contributed by atoms with E-state index in [2.05, 4.69) is 4.98 Å². The van der Waals surface area contributed by atoms with Gasteiger partial charge >= 0.3 is 0 Å². The van der Waals surface area contributed by atoms with Gasteiger partial charge < -0.3 is 9.88 Å². The summed E-state index contributed by atoms with van der Waals surface area (Å²) in [5.41, 5.74) is -0.0762. The molecule has 0 aliphatic carbocycles. The van der Waals surface area contributed by atoms with Crippen molar-refractivity contribution in [2.24, 2.45) is 5.92 Å². The van der Waals surface area contributed by atoms with Crippen LogP contribution in [-0.2, 0) is 0 Å². The number of nitrogens with one attached hydrogen (secondary N) is 1. The molecule has 1 heterocycles. The first-order valence-electron chi connectivity index (χ1n) is 4.89. The lowest BCUT2D eigenvalue weighted by Crippen LogP contribution is -2.32. The van der Waals surface area contributed by atoms with Crippen molar-refractivity contribution in [3.63, 3.8) is 0 Å². The summed E-state index contributed by atoms with van der Waals surface area (Å²) in [5.74, 6) is -0.524. The van der Waals surface area contributed by atoms with Gasteiger partial charge in [-0.3, -0.25) is 9.59 Å². The highest BCUT2D eigenvalue weighted by atomic mass is 16.2. The van der Waals surface area contributed by atoms with E-state index in [1.807, 2.05) is 6.07 Å². The molecule has 1 aromatic heterocycles. The number of hydrogen-bond donors (Lipinski definition) is 1. The molecule has 5 nitrogen and oxygen atoms in total. The Bertz CT molecular complexity index is 473. The third kappa shape index (κ3) is 2.95. The minimum Gasteiger partial charge on any atom is -0.339 e. The van der Waals surface area contributed by atoms with E-state index < -0.39 is 0 Å². The van der Waals surface area contributed by atoms with Gasteiger partial charge in [0.25, 0.3) is 5.91 Å². The lowest BCUT2D eigenvalue weighted by Gasteiger charge is -2.17. The molecule has 5 heteroatoms. The Hall–Kier alpha value is -2.09. The Morgan fingerprint density at radius 1 is 1.62 bits per heavy atom. The third-order valence-corrected chi connectivity index (χ3v) is 2.11.